The van der Waals surface area contributed by atoms with Crippen LogP contribution in [0.2, 0.25) is 0 Å². The van der Waals surface area contributed by atoms with E-state index in [2.05, 4.69) is 0 Å². The molecule has 11 heteroatoms. The second-order valence-corrected chi connectivity index (χ2v) is 13.4. The molecule has 0 bridgehead atoms. The Morgan fingerprint density at radius 2 is 1.34 bits per heavy atom. The molecule has 1 aliphatic heterocycles. The van der Waals surface area contributed by atoms with Gasteiger partial charge in [-0.3, -0.25) is 0 Å². The first kappa shape index (κ1) is 26.3. The Labute approximate surface area is 219 Å². The van der Waals surface area contributed by atoms with E-state index in [4.69, 9.17) is 4.74 Å². The van der Waals surface area contributed by atoms with Crippen LogP contribution in [0.1, 0.15) is 40.7 Å². The molecule has 0 saturated carbocycles. The highest BCUT2D eigenvalue weighted by molar-refractivity contribution is 8.04. The van der Waals surface area contributed by atoms with Crippen LogP contribution in [0.4, 0.5) is 13.2 Å². The number of halogens is 3. The van der Waals surface area contributed by atoms with Gasteiger partial charge in [-0.2, -0.15) is 16.9 Å². The van der Waals surface area contributed by atoms with Crippen molar-refractivity contribution in [3.05, 3.63) is 107 Å². The van der Waals surface area contributed by atoms with Crippen LogP contribution in [0.15, 0.2) is 88.5 Å². The number of nitrogens with zero attached hydrogens (tertiary/aromatic N) is 1. The van der Waals surface area contributed by atoms with Crippen molar-refractivity contribution in [1.82, 2.24) is 3.71 Å². The number of sulfonamides is 2. The van der Waals surface area contributed by atoms with Crippen molar-refractivity contribution in [3.63, 3.8) is 0 Å². The quantitative estimate of drug-likeness (QED) is 0.392. The second-order valence-electron chi connectivity index (χ2n) is 9.60. The fourth-order valence-electron chi connectivity index (χ4n) is 4.89. The lowest BCUT2D eigenvalue weighted by Crippen LogP contribution is -2.37. The maximum Gasteiger partial charge on any atom is 0.416 e. The third-order valence-corrected chi connectivity index (χ3v) is 11.2. The largest absolute Gasteiger partial charge is 0.488 e. The van der Waals surface area contributed by atoms with Crippen molar-refractivity contribution in [2.45, 2.75) is 54.7 Å². The summed E-state index contributed by atoms with van der Waals surface area (Å²) in [7, 11) is -9.31. The number of rotatable bonds is 5. The molecule has 5 rings (SSSR count). The van der Waals surface area contributed by atoms with Crippen molar-refractivity contribution in [3.8, 4) is 0 Å². The molecular formula is C27H24F3NO5S2. The van der Waals surface area contributed by atoms with E-state index in [1.54, 1.807) is 38.1 Å². The summed E-state index contributed by atoms with van der Waals surface area (Å²) in [4.78, 5) is -0.487. The first-order valence-corrected chi connectivity index (χ1v) is 14.6. The summed E-state index contributed by atoms with van der Waals surface area (Å²) in [6.07, 6.45) is -3.09. The Kier molecular flexibility index (Phi) is 6.14. The van der Waals surface area contributed by atoms with Gasteiger partial charge in [0.15, 0.2) is 0 Å². The van der Waals surface area contributed by atoms with Crippen LogP contribution in [-0.4, -0.2) is 20.5 Å². The lowest BCUT2D eigenvalue weighted by molar-refractivity contribution is -0.137. The molecule has 1 unspecified atom stereocenters. The van der Waals surface area contributed by atoms with Crippen LogP contribution in [0, 0.1) is 13.8 Å². The van der Waals surface area contributed by atoms with Gasteiger partial charge >= 0.3 is 6.18 Å². The fraction of sp³-hybridized carbons (Fsp3) is 0.259. The van der Waals surface area contributed by atoms with Crippen molar-refractivity contribution < 1.29 is 34.7 Å². The van der Waals surface area contributed by atoms with Gasteiger partial charge in [-0.05, 0) is 74.2 Å². The monoisotopic (exact) mass is 563 g/mol. The molecule has 3 aromatic carbocycles. The SMILES string of the molecule is Cc1ccc(S(=O)(=O)N(C2=COC3(CCc4ccc(C(F)(F)F)cc43)C2)S(=O)(=O)c2ccc(C)cc2)cc1. The average Bonchev–Trinajstić information content (AvgIpc) is 3.42. The van der Waals surface area contributed by atoms with Crippen molar-refractivity contribution >= 4 is 20.0 Å². The average molecular weight is 564 g/mol. The molecule has 0 aromatic heterocycles. The van der Waals surface area contributed by atoms with Crippen LogP contribution in [0.25, 0.3) is 0 Å². The summed E-state index contributed by atoms with van der Waals surface area (Å²) in [6.45, 7) is 3.53. The van der Waals surface area contributed by atoms with E-state index in [0.717, 1.165) is 29.5 Å². The van der Waals surface area contributed by atoms with E-state index in [9.17, 15) is 30.0 Å². The maximum atomic E-state index is 13.9. The molecule has 6 nitrogen and oxygen atoms in total. The van der Waals surface area contributed by atoms with Gasteiger partial charge in [-0.1, -0.05) is 41.5 Å². The predicted molar refractivity (Wildman–Crippen MR) is 134 cm³/mol. The highest BCUT2D eigenvalue weighted by Gasteiger charge is 2.50. The Balaban J connectivity index is 1.61. The fourth-order valence-corrected chi connectivity index (χ4v) is 8.61. The number of benzene rings is 3. The van der Waals surface area contributed by atoms with Crippen LogP contribution in [-0.2, 0) is 43.0 Å². The smallest absolute Gasteiger partial charge is 0.416 e. The third kappa shape index (κ3) is 4.37. The molecule has 1 heterocycles. The van der Waals surface area contributed by atoms with Crippen molar-refractivity contribution in [1.29, 1.82) is 0 Å². The summed E-state index contributed by atoms with van der Waals surface area (Å²) >= 11 is 0. The topological polar surface area (TPSA) is 80.8 Å². The molecule has 3 aromatic rings. The van der Waals surface area contributed by atoms with E-state index in [1.165, 1.54) is 30.3 Å². The Morgan fingerprint density at radius 3 is 1.84 bits per heavy atom. The standard InChI is InChI=1S/C27H24F3NO5S2/c1-18-3-9-23(10-4-18)37(32,33)31(38(34,35)24-11-5-19(2)6-12-24)22-16-26(36-17-22)14-13-20-7-8-21(15-25(20)26)27(28,29)30/h3-12,15,17H,13-14,16H2,1-2H3. The minimum absolute atomic E-state index is 0.184. The molecule has 200 valence electrons. The van der Waals surface area contributed by atoms with E-state index >= 15 is 0 Å². The van der Waals surface area contributed by atoms with Crippen molar-refractivity contribution in [2.24, 2.45) is 0 Å². The second kappa shape index (κ2) is 8.88. The summed E-state index contributed by atoms with van der Waals surface area (Å²) in [5.41, 5.74) is 0.128. The zero-order valence-corrected chi connectivity index (χ0v) is 22.1. The number of hydrogen-bond donors (Lipinski definition) is 0. The van der Waals surface area contributed by atoms with Crippen LogP contribution in [0.5, 0.6) is 0 Å². The predicted octanol–water partition coefficient (Wildman–Crippen LogP) is 5.81. The van der Waals surface area contributed by atoms with Gasteiger partial charge in [0.2, 0.25) is 0 Å². The third-order valence-electron chi connectivity index (χ3n) is 6.92. The van der Waals surface area contributed by atoms with Gasteiger partial charge in [0.1, 0.15) is 11.9 Å². The summed E-state index contributed by atoms with van der Waals surface area (Å²) in [5.74, 6) is 0. The van der Waals surface area contributed by atoms with Crippen LogP contribution >= 0.6 is 0 Å². The Morgan fingerprint density at radius 1 is 0.816 bits per heavy atom. The van der Waals surface area contributed by atoms with Gasteiger partial charge < -0.3 is 4.74 Å². The highest BCUT2D eigenvalue weighted by Crippen LogP contribution is 2.51. The minimum Gasteiger partial charge on any atom is -0.488 e. The number of aryl methyl sites for hydroxylation is 3. The van der Waals surface area contributed by atoms with Gasteiger partial charge in [-0.15, -0.1) is 0 Å². The number of ether oxygens (including phenoxy) is 1. The molecule has 38 heavy (non-hydrogen) atoms. The number of fused-ring (bicyclic) bond motifs is 2. The molecule has 0 fully saturated rings. The van der Waals surface area contributed by atoms with E-state index < -0.39 is 37.4 Å². The summed E-state index contributed by atoms with van der Waals surface area (Å²) in [5, 5.41) is 0. The summed E-state index contributed by atoms with van der Waals surface area (Å²) in [6, 6.07) is 14.9. The highest BCUT2D eigenvalue weighted by atomic mass is 32.3. The Bertz CT molecular complexity index is 1570. The molecule has 1 spiro atoms. The van der Waals surface area contributed by atoms with E-state index in [-0.39, 0.29) is 33.9 Å². The lowest BCUT2D eigenvalue weighted by atomic mass is 9.91. The Hall–Kier alpha value is -3.31. The summed E-state index contributed by atoms with van der Waals surface area (Å²) < 4.78 is 102. The normalized spacial score (nSPS) is 19.2. The van der Waals surface area contributed by atoms with E-state index in [0.29, 0.717) is 15.7 Å². The minimum atomic E-state index is -4.66. The van der Waals surface area contributed by atoms with Crippen LogP contribution < -0.4 is 0 Å². The van der Waals surface area contributed by atoms with E-state index in [1.807, 2.05) is 0 Å². The molecule has 1 aliphatic carbocycles. The zero-order chi connectivity index (χ0) is 27.5. The van der Waals surface area contributed by atoms with Crippen LogP contribution in [0.3, 0.4) is 0 Å². The van der Waals surface area contributed by atoms with Gasteiger partial charge in [0.05, 0.1) is 21.1 Å². The molecule has 0 amide bonds. The first-order valence-electron chi connectivity index (χ1n) is 11.8. The molecule has 2 aliphatic rings. The number of hydrogen-bond acceptors (Lipinski definition) is 5. The van der Waals surface area contributed by atoms with Gasteiger partial charge in [-0.25, -0.2) is 16.8 Å². The zero-order valence-electron chi connectivity index (χ0n) is 20.5. The lowest BCUT2D eigenvalue weighted by Gasteiger charge is -2.28. The molecule has 1 atom stereocenters. The molecule has 0 saturated heterocycles. The van der Waals surface area contributed by atoms with Gasteiger partial charge in [0.25, 0.3) is 20.0 Å². The molecular weight excluding hydrogens is 539 g/mol. The molecule has 0 radical (unpaired) electrons. The van der Waals surface area contributed by atoms with Crippen molar-refractivity contribution in [2.75, 3.05) is 0 Å². The maximum absolute atomic E-state index is 13.9. The first-order chi connectivity index (χ1) is 17.7. The number of alkyl halides is 3. The van der Waals surface area contributed by atoms with Gasteiger partial charge in [0, 0.05) is 6.42 Å². The molecule has 0 N–H and O–H groups in total.